The van der Waals surface area contributed by atoms with E-state index in [4.69, 9.17) is 4.42 Å². The molecule has 0 aliphatic carbocycles. The van der Waals surface area contributed by atoms with Gasteiger partial charge in [0.1, 0.15) is 5.76 Å². The Morgan fingerprint density at radius 3 is 2.62 bits per heavy atom. The topological polar surface area (TPSA) is 49.6 Å². The van der Waals surface area contributed by atoms with Crippen LogP contribution in [0.4, 0.5) is 13.2 Å². The fourth-order valence-electron chi connectivity index (χ4n) is 2.33. The minimum atomic E-state index is -4.35. The maximum Gasteiger partial charge on any atom is 0.416 e. The van der Waals surface area contributed by atoms with Crippen LogP contribution in [0.25, 0.3) is 0 Å². The molecule has 0 amide bonds. The fourth-order valence-corrected chi connectivity index (χ4v) is 2.33. The molecule has 0 aliphatic rings. The Bertz CT molecular complexity index is 687. The minimum Gasteiger partial charge on any atom is -0.469 e. The second kappa shape index (κ2) is 10.4. The molecule has 1 aromatic carbocycles. The Labute approximate surface area is 168 Å². The van der Waals surface area contributed by atoms with Crippen LogP contribution in [0.15, 0.2) is 52.1 Å². The van der Waals surface area contributed by atoms with Crippen LogP contribution >= 0.6 is 24.0 Å². The number of hydrogen-bond acceptors (Lipinski definition) is 2. The van der Waals surface area contributed by atoms with Gasteiger partial charge in [0.2, 0.25) is 0 Å². The number of alkyl halides is 3. The van der Waals surface area contributed by atoms with Crippen LogP contribution in [0.2, 0.25) is 0 Å². The van der Waals surface area contributed by atoms with Gasteiger partial charge in [0.05, 0.1) is 17.9 Å². The summed E-state index contributed by atoms with van der Waals surface area (Å²) in [6, 6.07) is 8.68. The molecule has 0 bridgehead atoms. The number of nitrogens with one attached hydrogen (secondary N) is 2. The number of hydrogen-bond donors (Lipinski definition) is 2. The SMILES string of the molecule is CCNC(=NCCc1ccco1)NC(C)c1cccc(C(F)(F)F)c1.I. The number of halogens is 4. The molecule has 1 heterocycles. The number of aliphatic imine (C=N–C) groups is 1. The molecule has 1 unspecified atom stereocenters. The molecule has 4 nitrogen and oxygen atoms in total. The average Bonchev–Trinajstić information content (AvgIpc) is 3.07. The summed E-state index contributed by atoms with van der Waals surface area (Å²) in [6.07, 6.45) is -2.09. The molecule has 144 valence electrons. The van der Waals surface area contributed by atoms with Crippen molar-refractivity contribution < 1.29 is 17.6 Å². The van der Waals surface area contributed by atoms with Gasteiger partial charge in [-0.1, -0.05) is 12.1 Å². The molecule has 1 atom stereocenters. The van der Waals surface area contributed by atoms with Crippen LogP contribution in [-0.4, -0.2) is 19.0 Å². The summed E-state index contributed by atoms with van der Waals surface area (Å²) in [5.74, 6) is 1.39. The summed E-state index contributed by atoms with van der Waals surface area (Å²) in [7, 11) is 0. The summed E-state index contributed by atoms with van der Waals surface area (Å²) < 4.78 is 43.8. The van der Waals surface area contributed by atoms with Gasteiger partial charge in [0, 0.05) is 19.5 Å². The predicted octanol–water partition coefficient (Wildman–Crippen LogP) is 4.78. The molecule has 0 spiro atoms. The number of nitrogens with zero attached hydrogens (tertiary/aromatic N) is 1. The molecular formula is C18H23F3IN3O. The minimum absolute atomic E-state index is 0. The normalized spacial score (nSPS) is 13.0. The highest BCUT2D eigenvalue weighted by molar-refractivity contribution is 14.0. The largest absolute Gasteiger partial charge is 0.469 e. The molecular weight excluding hydrogens is 458 g/mol. The Hall–Kier alpha value is -1.71. The third kappa shape index (κ3) is 6.89. The van der Waals surface area contributed by atoms with Crippen LogP contribution in [0.1, 0.15) is 36.8 Å². The molecule has 1 aromatic heterocycles. The predicted molar refractivity (Wildman–Crippen MR) is 107 cm³/mol. The number of furan rings is 1. The van der Waals surface area contributed by atoms with Crippen LogP contribution < -0.4 is 10.6 Å². The highest BCUT2D eigenvalue weighted by Gasteiger charge is 2.30. The van der Waals surface area contributed by atoms with Gasteiger partial charge in [0.15, 0.2) is 5.96 Å². The maximum absolute atomic E-state index is 12.9. The third-order valence-corrected chi connectivity index (χ3v) is 3.62. The van der Waals surface area contributed by atoms with Crippen LogP contribution in [0.5, 0.6) is 0 Å². The molecule has 2 N–H and O–H groups in total. The Kier molecular flexibility index (Phi) is 8.97. The van der Waals surface area contributed by atoms with E-state index in [0.29, 0.717) is 31.0 Å². The highest BCUT2D eigenvalue weighted by Crippen LogP contribution is 2.30. The standard InChI is InChI=1S/C18H22F3N3O.HI/c1-3-22-17(23-10-9-16-8-5-11-25-16)24-13(2)14-6-4-7-15(12-14)18(19,20)21;/h4-8,11-13H,3,9-10H2,1-2H3,(H2,22,23,24);1H. The lowest BCUT2D eigenvalue weighted by Crippen LogP contribution is -2.39. The molecule has 8 heteroatoms. The van der Waals surface area contributed by atoms with Crippen LogP contribution in [-0.2, 0) is 12.6 Å². The Morgan fingerprint density at radius 2 is 2.00 bits per heavy atom. The van der Waals surface area contributed by atoms with Gasteiger partial charge >= 0.3 is 6.18 Å². The van der Waals surface area contributed by atoms with E-state index in [2.05, 4.69) is 15.6 Å². The van der Waals surface area contributed by atoms with Crippen molar-refractivity contribution in [3.8, 4) is 0 Å². The molecule has 0 fully saturated rings. The second-order valence-electron chi connectivity index (χ2n) is 5.58. The molecule has 2 aromatic rings. The molecule has 0 saturated heterocycles. The zero-order chi connectivity index (χ0) is 18.3. The summed E-state index contributed by atoms with van der Waals surface area (Å²) in [5, 5.41) is 6.23. The zero-order valence-electron chi connectivity index (χ0n) is 14.6. The summed E-state index contributed by atoms with van der Waals surface area (Å²) in [4.78, 5) is 4.44. The number of rotatable bonds is 6. The van der Waals surface area contributed by atoms with E-state index in [1.165, 1.54) is 6.07 Å². The van der Waals surface area contributed by atoms with Crippen molar-refractivity contribution in [3.05, 3.63) is 59.5 Å². The summed E-state index contributed by atoms with van der Waals surface area (Å²) >= 11 is 0. The maximum atomic E-state index is 12.9. The van der Waals surface area contributed by atoms with E-state index in [9.17, 15) is 13.2 Å². The van der Waals surface area contributed by atoms with Crippen molar-refractivity contribution in [2.75, 3.05) is 13.1 Å². The highest BCUT2D eigenvalue weighted by atomic mass is 127. The molecule has 0 aliphatic heterocycles. The zero-order valence-corrected chi connectivity index (χ0v) is 17.0. The van der Waals surface area contributed by atoms with Gasteiger partial charge in [-0.2, -0.15) is 13.2 Å². The first-order valence-corrected chi connectivity index (χ1v) is 8.14. The molecule has 0 saturated carbocycles. The third-order valence-electron chi connectivity index (χ3n) is 3.62. The van der Waals surface area contributed by atoms with Crippen LogP contribution in [0, 0.1) is 0 Å². The summed E-state index contributed by atoms with van der Waals surface area (Å²) in [5.41, 5.74) is -0.107. The van der Waals surface area contributed by atoms with E-state index < -0.39 is 11.7 Å². The average molecular weight is 481 g/mol. The van der Waals surface area contributed by atoms with E-state index in [1.807, 2.05) is 19.1 Å². The van der Waals surface area contributed by atoms with Crippen molar-refractivity contribution in [2.45, 2.75) is 32.5 Å². The van der Waals surface area contributed by atoms with Gasteiger partial charge in [-0.25, -0.2) is 0 Å². The van der Waals surface area contributed by atoms with Crippen molar-refractivity contribution in [1.29, 1.82) is 0 Å². The van der Waals surface area contributed by atoms with E-state index in [1.54, 1.807) is 19.3 Å². The van der Waals surface area contributed by atoms with E-state index in [-0.39, 0.29) is 30.0 Å². The molecule has 26 heavy (non-hydrogen) atoms. The quantitative estimate of drug-likeness (QED) is 0.355. The van der Waals surface area contributed by atoms with Gasteiger partial charge < -0.3 is 15.1 Å². The van der Waals surface area contributed by atoms with Gasteiger partial charge in [-0.3, -0.25) is 4.99 Å². The fraction of sp³-hybridized carbons (Fsp3) is 0.389. The lowest BCUT2D eigenvalue weighted by atomic mass is 10.1. The van der Waals surface area contributed by atoms with Gasteiger partial charge in [0.25, 0.3) is 0 Å². The van der Waals surface area contributed by atoms with Crippen LogP contribution in [0.3, 0.4) is 0 Å². The van der Waals surface area contributed by atoms with Crippen molar-refractivity contribution in [3.63, 3.8) is 0 Å². The van der Waals surface area contributed by atoms with Crippen molar-refractivity contribution in [2.24, 2.45) is 4.99 Å². The Balaban J connectivity index is 0.00000338. The smallest absolute Gasteiger partial charge is 0.416 e. The molecule has 2 rings (SSSR count). The molecule has 0 radical (unpaired) electrons. The first-order chi connectivity index (χ1) is 11.9. The van der Waals surface area contributed by atoms with Gasteiger partial charge in [-0.05, 0) is 43.7 Å². The summed E-state index contributed by atoms with van der Waals surface area (Å²) in [6.45, 7) is 4.90. The lowest BCUT2D eigenvalue weighted by molar-refractivity contribution is -0.137. The van der Waals surface area contributed by atoms with Crippen molar-refractivity contribution >= 4 is 29.9 Å². The number of guanidine groups is 1. The second-order valence-corrected chi connectivity index (χ2v) is 5.58. The van der Waals surface area contributed by atoms with Gasteiger partial charge in [-0.15, -0.1) is 24.0 Å². The lowest BCUT2D eigenvalue weighted by Gasteiger charge is -2.19. The first-order valence-electron chi connectivity index (χ1n) is 8.14. The van der Waals surface area contributed by atoms with E-state index in [0.717, 1.165) is 17.9 Å². The monoisotopic (exact) mass is 481 g/mol. The Morgan fingerprint density at radius 1 is 1.23 bits per heavy atom. The van der Waals surface area contributed by atoms with Crippen molar-refractivity contribution in [1.82, 2.24) is 10.6 Å². The number of benzene rings is 1. The first kappa shape index (κ1) is 22.3. The van der Waals surface area contributed by atoms with E-state index >= 15 is 0 Å².